The van der Waals surface area contributed by atoms with E-state index in [1.165, 1.54) is 5.56 Å². The van der Waals surface area contributed by atoms with Gasteiger partial charge in [-0.1, -0.05) is 17.7 Å². The Morgan fingerprint density at radius 3 is 2.31 bits per heavy atom. The van der Waals surface area contributed by atoms with Gasteiger partial charge in [-0.3, -0.25) is 4.79 Å². The molecule has 0 heterocycles. The molecule has 0 bridgehead atoms. The third-order valence-corrected chi connectivity index (χ3v) is 2.68. The number of ketones is 1. The number of hydrogen-bond donors (Lipinski definition) is 0. The summed E-state index contributed by atoms with van der Waals surface area (Å²) < 4.78 is 0. The first kappa shape index (κ1) is 12.5. The number of carbonyl (C=O) groups is 1. The molecule has 1 aromatic carbocycles. The first-order chi connectivity index (χ1) is 7.56. The first-order valence-electron chi connectivity index (χ1n) is 5.60. The summed E-state index contributed by atoms with van der Waals surface area (Å²) in [6.07, 6.45) is 7.18. The minimum absolute atomic E-state index is 0.213. The molecule has 0 aliphatic heterocycles. The lowest BCUT2D eigenvalue weighted by Gasteiger charge is -2.09. The lowest BCUT2D eigenvalue weighted by atomic mass is 9.94. The highest BCUT2D eigenvalue weighted by atomic mass is 16.1. The van der Waals surface area contributed by atoms with Gasteiger partial charge < -0.3 is 0 Å². The van der Waals surface area contributed by atoms with Gasteiger partial charge in [0.05, 0.1) is 0 Å². The number of unbranched alkanes of at least 4 members (excludes halogenated alkanes) is 1. The molecule has 1 heteroatoms. The fraction of sp³-hybridized carbons (Fsp3) is 0.400. The molecule has 0 N–H and O–H groups in total. The molecule has 0 spiro atoms. The molecule has 0 aliphatic carbocycles. The van der Waals surface area contributed by atoms with Gasteiger partial charge in [0.1, 0.15) is 0 Å². The summed E-state index contributed by atoms with van der Waals surface area (Å²) in [4.78, 5) is 12.0. The van der Waals surface area contributed by atoms with Gasteiger partial charge in [-0.15, -0.1) is 12.3 Å². The van der Waals surface area contributed by atoms with Crippen LogP contribution in [0.2, 0.25) is 0 Å². The second-order valence-corrected chi connectivity index (χ2v) is 4.25. The molecule has 0 unspecified atom stereocenters. The van der Waals surface area contributed by atoms with Gasteiger partial charge in [0.25, 0.3) is 0 Å². The van der Waals surface area contributed by atoms with Crippen molar-refractivity contribution in [1.29, 1.82) is 0 Å². The van der Waals surface area contributed by atoms with Crippen LogP contribution < -0.4 is 0 Å². The molecule has 16 heavy (non-hydrogen) atoms. The number of benzene rings is 1. The number of terminal acetylenes is 1. The standard InChI is InChI=1S/C15H18O/c1-5-6-7-8-14(16)15-12(3)9-11(2)10-13(15)4/h1,9-10H,6-8H2,2-4H3. The largest absolute Gasteiger partial charge is 0.294 e. The van der Waals surface area contributed by atoms with Gasteiger partial charge in [-0.2, -0.15) is 0 Å². The number of rotatable bonds is 4. The minimum atomic E-state index is 0.213. The summed E-state index contributed by atoms with van der Waals surface area (Å²) in [7, 11) is 0. The molecule has 0 amide bonds. The highest BCUT2D eigenvalue weighted by Crippen LogP contribution is 2.18. The van der Waals surface area contributed by atoms with Gasteiger partial charge in [-0.05, 0) is 38.3 Å². The molecule has 0 saturated carbocycles. The Labute approximate surface area is 97.9 Å². The molecule has 1 rings (SSSR count). The molecule has 1 aromatic rings. The molecule has 0 aliphatic rings. The fourth-order valence-corrected chi connectivity index (χ4v) is 2.10. The van der Waals surface area contributed by atoms with Gasteiger partial charge in [0.15, 0.2) is 5.78 Å². The summed E-state index contributed by atoms with van der Waals surface area (Å²) in [5, 5.41) is 0. The number of carbonyl (C=O) groups excluding carboxylic acids is 1. The lowest BCUT2D eigenvalue weighted by molar-refractivity contribution is 0.0979. The van der Waals surface area contributed by atoms with Crippen molar-refractivity contribution >= 4 is 5.78 Å². The van der Waals surface area contributed by atoms with Crippen LogP contribution in [0.1, 0.15) is 46.3 Å². The smallest absolute Gasteiger partial charge is 0.163 e. The average molecular weight is 214 g/mol. The first-order valence-corrected chi connectivity index (χ1v) is 5.60. The van der Waals surface area contributed by atoms with Crippen molar-refractivity contribution in [3.8, 4) is 12.3 Å². The zero-order valence-corrected chi connectivity index (χ0v) is 10.3. The molecule has 84 valence electrons. The van der Waals surface area contributed by atoms with Crippen molar-refractivity contribution in [3.63, 3.8) is 0 Å². The number of hydrogen-bond acceptors (Lipinski definition) is 1. The Morgan fingerprint density at radius 2 is 1.81 bits per heavy atom. The van der Waals surface area contributed by atoms with Crippen molar-refractivity contribution in [1.82, 2.24) is 0 Å². The van der Waals surface area contributed by atoms with Gasteiger partial charge >= 0.3 is 0 Å². The van der Waals surface area contributed by atoms with E-state index >= 15 is 0 Å². The van der Waals surface area contributed by atoms with E-state index in [2.05, 4.69) is 18.1 Å². The molecular weight excluding hydrogens is 196 g/mol. The zero-order chi connectivity index (χ0) is 12.1. The highest BCUT2D eigenvalue weighted by Gasteiger charge is 2.11. The zero-order valence-electron chi connectivity index (χ0n) is 10.3. The second-order valence-electron chi connectivity index (χ2n) is 4.25. The van der Waals surface area contributed by atoms with E-state index in [0.29, 0.717) is 12.8 Å². The molecule has 0 fully saturated rings. The van der Waals surface area contributed by atoms with Crippen LogP contribution in [0.25, 0.3) is 0 Å². The van der Waals surface area contributed by atoms with Crippen LogP contribution in [-0.2, 0) is 0 Å². The number of Topliss-reactive ketones (excluding diaryl/α,β-unsaturated/α-hetero) is 1. The molecule has 0 saturated heterocycles. The molecular formula is C15H18O. The SMILES string of the molecule is C#CCCCC(=O)c1c(C)cc(C)cc1C. The summed E-state index contributed by atoms with van der Waals surface area (Å²) in [6.45, 7) is 6.04. The van der Waals surface area contributed by atoms with E-state index in [4.69, 9.17) is 6.42 Å². The Morgan fingerprint density at radius 1 is 1.25 bits per heavy atom. The van der Waals surface area contributed by atoms with Crippen LogP contribution in [0, 0.1) is 33.1 Å². The monoisotopic (exact) mass is 214 g/mol. The Kier molecular flexibility index (Phi) is 4.31. The van der Waals surface area contributed by atoms with Crippen molar-refractivity contribution in [2.45, 2.75) is 40.0 Å². The topological polar surface area (TPSA) is 17.1 Å². The molecule has 1 nitrogen and oxygen atoms in total. The van der Waals surface area contributed by atoms with Crippen LogP contribution in [0.15, 0.2) is 12.1 Å². The predicted octanol–water partition coefficient (Wildman–Crippen LogP) is 3.60. The second kappa shape index (κ2) is 5.51. The summed E-state index contributed by atoms with van der Waals surface area (Å²) in [5.74, 6) is 2.77. The van der Waals surface area contributed by atoms with Crippen molar-refractivity contribution < 1.29 is 4.79 Å². The van der Waals surface area contributed by atoms with E-state index in [1.54, 1.807) is 0 Å². The number of aryl methyl sites for hydroxylation is 3. The van der Waals surface area contributed by atoms with Gasteiger partial charge in [0.2, 0.25) is 0 Å². The van der Waals surface area contributed by atoms with Crippen molar-refractivity contribution in [2.75, 3.05) is 0 Å². The summed E-state index contributed by atoms with van der Waals surface area (Å²) in [6, 6.07) is 4.11. The minimum Gasteiger partial charge on any atom is -0.294 e. The normalized spacial score (nSPS) is 9.88. The molecule has 0 aromatic heterocycles. The average Bonchev–Trinajstić information content (AvgIpc) is 2.16. The van der Waals surface area contributed by atoms with E-state index in [9.17, 15) is 4.79 Å². The van der Waals surface area contributed by atoms with Crippen molar-refractivity contribution in [3.05, 3.63) is 34.4 Å². The maximum Gasteiger partial charge on any atom is 0.163 e. The third kappa shape index (κ3) is 2.97. The van der Waals surface area contributed by atoms with Crippen molar-refractivity contribution in [2.24, 2.45) is 0 Å². The van der Waals surface area contributed by atoms with Crippen LogP contribution >= 0.6 is 0 Å². The van der Waals surface area contributed by atoms with E-state index < -0.39 is 0 Å². The quantitative estimate of drug-likeness (QED) is 0.425. The Hall–Kier alpha value is -1.55. The maximum atomic E-state index is 12.0. The van der Waals surface area contributed by atoms with Gasteiger partial charge in [-0.25, -0.2) is 0 Å². The highest BCUT2D eigenvalue weighted by molar-refractivity contribution is 5.98. The van der Waals surface area contributed by atoms with Crippen LogP contribution in [-0.4, -0.2) is 5.78 Å². The van der Waals surface area contributed by atoms with Crippen LogP contribution in [0.4, 0.5) is 0 Å². The fourth-order valence-electron chi connectivity index (χ4n) is 2.10. The third-order valence-electron chi connectivity index (χ3n) is 2.68. The molecule has 0 radical (unpaired) electrons. The summed E-state index contributed by atoms with van der Waals surface area (Å²) >= 11 is 0. The van der Waals surface area contributed by atoms with E-state index in [1.807, 2.05) is 20.8 Å². The Bertz CT molecular complexity index is 412. The lowest BCUT2D eigenvalue weighted by Crippen LogP contribution is -2.05. The van der Waals surface area contributed by atoms with Crippen LogP contribution in [0.5, 0.6) is 0 Å². The molecule has 0 atom stereocenters. The maximum absolute atomic E-state index is 12.0. The van der Waals surface area contributed by atoms with E-state index in [-0.39, 0.29) is 5.78 Å². The predicted molar refractivity (Wildman–Crippen MR) is 67.7 cm³/mol. The summed E-state index contributed by atoms with van der Waals surface area (Å²) in [5.41, 5.74) is 4.23. The Balaban J connectivity index is 2.88. The van der Waals surface area contributed by atoms with E-state index in [0.717, 1.165) is 23.1 Å². The van der Waals surface area contributed by atoms with Crippen LogP contribution in [0.3, 0.4) is 0 Å². The van der Waals surface area contributed by atoms with Gasteiger partial charge in [0, 0.05) is 18.4 Å².